The van der Waals surface area contributed by atoms with Gasteiger partial charge in [0.25, 0.3) is 0 Å². The monoisotopic (exact) mass is 272 g/mol. The minimum Gasteiger partial charge on any atom is -0.373 e. The van der Waals surface area contributed by atoms with Crippen molar-refractivity contribution in [1.29, 1.82) is 0 Å². The van der Waals surface area contributed by atoms with Crippen LogP contribution in [0.4, 0.5) is 0 Å². The van der Waals surface area contributed by atoms with E-state index in [0.29, 0.717) is 25.3 Å². The van der Waals surface area contributed by atoms with Crippen molar-refractivity contribution in [2.75, 3.05) is 6.61 Å². The number of ether oxygens (including phenoxy) is 1. The maximum Gasteiger partial charge on any atom is 0.200 e. The fourth-order valence-corrected chi connectivity index (χ4v) is 1.59. The topological polar surface area (TPSA) is 69.9 Å². The molecule has 0 spiro atoms. The van der Waals surface area contributed by atoms with Crippen molar-refractivity contribution >= 4 is 5.78 Å². The first-order chi connectivity index (χ1) is 9.79. The second-order valence-corrected chi connectivity index (χ2v) is 4.16. The number of carbonyl (C=O) groups is 1. The molecular weight excluding hydrogens is 256 g/mol. The Hall–Kier alpha value is -2.34. The Balaban J connectivity index is 1.76. The number of aromatic nitrogens is 4. The largest absolute Gasteiger partial charge is 0.373 e. The van der Waals surface area contributed by atoms with Crippen LogP contribution in [0.1, 0.15) is 18.7 Å². The highest BCUT2D eigenvalue weighted by atomic mass is 16.5. The van der Waals surface area contributed by atoms with Gasteiger partial charge in [-0.3, -0.25) is 4.79 Å². The van der Waals surface area contributed by atoms with Gasteiger partial charge in [0, 0.05) is 13.0 Å². The van der Waals surface area contributed by atoms with Crippen LogP contribution in [0, 0.1) is 0 Å². The molecule has 0 amide bonds. The molecule has 0 saturated heterocycles. The normalized spacial score (nSPS) is 10.4. The highest BCUT2D eigenvalue weighted by Gasteiger charge is 2.04. The van der Waals surface area contributed by atoms with E-state index in [1.165, 1.54) is 10.9 Å². The lowest BCUT2D eigenvalue weighted by molar-refractivity contribution is -0.114. The van der Waals surface area contributed by atoms with Crippen LogP contribution >= 0.6 is 0 Å². The zero-order valence-electron chi connectivity index (χ0n) is 11.1. The molecule has 1 aromatic carbocycles. The third-order valence-corrected chi connectivity index (χ3v) is 2.61. The lowest BCUT2D eigenvalue weighted by Gasteiger charge is -1.99. The molecule has 1 heterocycles. The number of allylic oxidation sites excluding steroid dienone is 1. The molecule has 6 heteroatoms. The number of benzene rings is 1. The Morgan fingerprint density at radius 3 is 2.90 bits per heavy atom. The number of para-hydroxylation sites is 1. The average Bonchev–Trinajstić information content (AvgIpc) is 2.96. The van der Waals surface area contributed by atoms with Gasteiger partial charge < -0.3 is 4.74 Å². The van der Waals surface area contributed by atoms with Crippen molar-refractivity contribution in [2.45, 2.75) is 19.4 Å². The Labute approximate surface area is 117 Å². The minimum absolute atomic E-state index is 0.0294. The van der Waals surface area contributed by atoms with Gasteiger partial charge in [-0.05, 0) is 29.8 Å². The van der Waals surface area contributed by atoms with E-state index in [-0.39, 0.29) is 12.4 Å². The summed E-state index contributed by atoms with van der Waals surface area (Å²) in [5.74, 6) is 0.547. The van der Waals surface area contributed by atoms with Gasteiger partial charge in [0.2, 0.25) is 5.82 Å². The molecule has 0 bridgehead atoms. The van der Waals surface area contributed by atoms with E-state index in [9.17, 15) is 4.79 Å². The third-order valence-electron chi connectivity index (χ3n) is 2.61. The van der Waals surface area contributed by atoms with Crippen LogP contribution in [0.25, 0.3) is 5.69 Å². The summed E-state index contributed by atoms with van der Waals surface area (Å²) >= 11 is 0. The van der Waals surface area contributed by atoms with Gasteiger partial charge in [-0.2, -0.15) is 0 Å². The molecule has 0 aliphatic heterocycles. The number of carbonyl (C=O) groups excluding carboxylic acids is 1. The van der Waals surface area contributed by atoms with Crippen molar-refractivity contribution in [1.82, 2.24) is 20.2 Å². The standard InChI is InChI=1S/C14H16N4O2/c1-2-13(19)9-6-10-20-11-14-15-17-18(16-14)12-7-4-3-5-8-12/h2-5,7-8H,1,6,9-11H2. The summed E-state index contributed by atoms with van der Waals surface area (Å²) in [5, 5.41) is 12.1. The fraction of sp³-hybridized carbons (Fsp3) is 0.286. The van der Waals surface area contributed by atoms with E-state index in [1.54, 1.807) is 0 Å². The number of hydrogen-bond acceptors (Lipinski definition) is 5. The number of nitrogens with zero attached hydrogens (tertiary/aromatic N) is 4. The number of rotatable bonds is 8. The van der Waals surface area contributed by atoms with Gasteiger partial charge in [0.05, 0.1) is 5.69 Å². The Morgan fingerprint density at radius 1 is 1.35 bits per heavy atom. The number of tetrazole rings is 1. The number of hydrogen-bond donors (Lipinski definition) is 0. The quantitative estimate of drug-likeness (QED) is 0.540. The molecule has 0 fully saturated rings. The van der Waals surface area contributed by atoms with Gasteiger partial charge in [-0.25, -0.2) is 0 Å². The maximum absolute atomic E-state index is 11.0. The van der Waals surface area contributed by atoms with Crippen LogP contribution in [0.3, 0.4) is 0 Å². The van der Waals surface area contributed by atoms with Crippen LogP contribution in [0.2, 0.25) is 0 Å². The smallest absolute Gasteiger partial charge is 0.200 e. The minimum atomic E-state index is 0.0294. The predicted octanol–water partition coefficient (Wildman–Crippen LogP) is 1.71. The summed E-state index contributed by atoms with van der Waals surface area (Å²) in [6.45, 7) is 4.19. The van der Waals surface area contributed by atoms with Gasteiger partial charge in [-0.15, -0.1) is 15.0 Å². The van der Waals surface area contributed by atoms with Crippen LogP contribution < -0.4 is 0 Å². The first kappa shape index (κ1) is 14.1. The first-order valence-electron chi connectivity index (χ1n) is 6.37. The van der Waals surface area contributed by atoms with Crippen LogP contribution in [-0.2, 0) is 16.1 Å². The molecule has 0 unspecified atom stereocenters. The maximum atomic E-state index is 11.0. The summed E-state index contributed by atoms with van der Waals surface area (Å²) in [4.78, 5) is 12.5. The Morgan fingerprint density at radius 2 is 2.15 bits per heavy atom. The lowest BCUT2D eigenvalue weighted by Crippen LogP contribution is -2.01. The summed E-state index contributed by atoms with van der Waals surface area (Å²) in [7, 11) is 0. The second kappa shape index (κ2) is 7.30. The highest BCUT2D eigenvalue weighted by Crippen LogP contribution is 2.03. The molecule has 0 aliphatic carbocycles. The Kier molecular flexibility index (Phi) is 5.14. The van der Waals surface area contributed by atoms with Crippen molar-refractivity contribution in [2.24, 2.45) is 0 Å². The molecular formula is C14H16N4O2. The summed E-state index contributed by atoms with van der Waals surface area (Å²) in [6.07, 6.45) is 2.44. The predicted molar refractivity (Wildman–Crippen MR) is 73.2 cm³/mol. The van der Waals surface area contributed by atoms with Gasteiger partial charge in [0.1, 0.15) is 6.61 Å². The van der Waals surface area contributed by atoms with Crippen LogP contribution in [0.5, 0.6) is 0 Å². The van der Waals surface area contributed by atoms with E-state index in [2.05, 4.69) is 22.0 Å². The zero-order chi connectivity index (χ0) is 14.2. The summed E-state index contributed by atoms with van der Waals surface area (Å²) < 4.78 is 5.40. The van der Waals surface area contributed by atoms with Crippen LogP contribution in [-0.4, -0.2) is 32.6 Å². The van der Waals surface area contributed by atoms with Gasteiger partial charge in [-0.1, -0.05) is 24.8 Å². The van der Waals surface area contributed by atoms with E-state index in [0.717, 1.165) is 5.69 Å². The molecule has 1 aromatic heterocycles. The van der Waals surface area contributed by atoms with Gasteiger partial charge >= 0.3 is 0 Å². The molecule has 6 nitrogen and oxygen atoms in total. The zero-order valence-corrected chi connectivity index (χ0v) is 11.1. The fourth-order valence-electron chi connectivity index (χ4n) is 1.59. The number of ketones is 1. The van der Waals surface area contributed by atoms with E-state index in [1.807, 2.05) is 30.3 Å². The first-order valence-corrected chi connectivity index (χ1v) is 6.37. The third kappa shape index (κ3) is 4.10. The van der Waals surface area contributed by atoms with E-state index >= 15 is 0 Å². The second-order valence-electron chi connectivity index (χ2n) is 4.16. The summed E-state index contributed by atoms with van der Waals surface area (Å²) in [6, 6.07) is 9.53. The molecule has 0 aliphatic rings. The van der Waals surface area contributed by atoms with Crippen molar-refractivity contribution < 1.29 is 9.53 Å². The van der Waals surface area contributed by atoms with E-state index in [4.69, 9.17) is 4.74 Å². The molecule has 20 heavy (non-hydrogen) atoms. The SMILES string of the molecule is C=CC(=O)CCCOCc1nnn(-c2ccccc2)n1. The molecule has 0 saturated carbocycles. The van der Waals surface area contributed by atoms with Gasteiger partial charge in [0.15, 0.2) is 5.78 Å². The molecule has 2 aromatic rings. The Bertz CT molecular complexity index is 566. The molecule has 0 atom stereocenters. The van der Waals surface area contributed by atoms with Crippen molar-refractivity contribution in [3.8, 4) is 5.69 Å². The lowest BCUT2D eigenvalue weighted by atomic mass is 10.2. The summed E-state index contributed by atoms with van der Waals surface area (Å²) in [5.41, 5.74) is 0.850. The van der Waals surface area contributed by atoms with E-state index < -0.39 is 0 Å². The molecule has 0 radical (unpaired) electrons. The molecule has 2 rings (SSSR count). The van der Waals surface area contributed by atoms with Crippen molar-refractivity contribution in [3.05, 3.63) is 48.8 Å². The highest BCUT2D eigenvalue weighted by molar-refractivity contribution is 5.88. The molecule has 0 N–H and O–H groups in total. The van der Waals surface area contributed by atoms with Crippen LogP contribution in [0.15, 0.2) is 43.0 Å². The average molecular weight is 272 g/mol. The molecule has 104 valence electrons. The van der Waals surface area contributed by atoms with Crippen molar-refractivity contribution in [3.63, 3.8) is 0 Å².